The van der Waals surface area contributed by atoms with Gasteiger partial charge in [-0.15, -0.1) is 0 Å². The summed E-state index contributed by atoms with van der Waals surface area (Å²) in [6.45, 7) is 15.0. The van der Waals surface area contributed by atoms with E-state index in [1.54, 1.807) is 0 Å². The minimum Gasteiger partial charge on any atom is -0.331 e. The van der Waals surface area contributed by atoms with Gasteiger partial charge in [0.1, 0.15) is 5.82 Å². The summed E-state index contributed by atoms with van der Waals surface area (Å²) < 4.78 is 2.47. The first-order chi connectivity index (χ1) is 7.69. The van der Waals surface area contributed by atoms with Gasteiger partial charge < -0.3 is 4.57 Å². The fourth-order valence-corrected chi connectivity index (χ4v) is 2.75. The van der Waals surface area contributed by atoms with Gasteiger partial charge in [0.2, 0.25) is 0 Å². The standard InChI is InChI=1S/C15H26N2/c1-14(2,3)11-7-8-12-9-16-13(15(4,5)6)17(12)10-11/h9,11H,7-8,10H2,1-6H3. The zero-order valence-corrected chi connectivity index (χ0v) is 12.2. The van der Waals surface area contributed by atoms with Crippen molar-refractivity contribution in [1.29, 1.82) is 0 Å². The van der Waals surface area contributed by atoms with Gasteiger partial charge in [0, 0.05) is 23.9 Å². The topological polar surface area (TPSA) is 17.8 Å². The summed E-state index contributed by atoms with van der Waals surface area (Å²) in [6.07, 6.45) is 4.57. The van der Waals surface area contributed by atoms with Gasteiger partial charge in [-0.2, -0.15) is 0 Å². The van der Waals surface area contributed by atoms with E-state index in [0.29, 0.717) is 5.41 Å². The number of nitrogens with zero attached hydrogens (tertiary/aromatic N) is 2. The smallest absolute Gasteiger partial charge is 0.114 e. The van der Waals surface area contributed by atoms with Gasteiger partial charge in [-0.1, -0.05) is 41.5 Å². The van der Waals surface area contributed by atoms with Crippen molar-refractivity contribution in [3.63, 3.8) is 0 Å². The quantitative estimate of drug-likeness (QED) is 0.668. The second-order valence-electron chi connectivity index (χ2n) is 7.54. The molecule has 0 amide bonds. The molecule has 0 aromatic carbocycles. The van der Waals surface area contributed by atoms with Crippen LogP contribution in [0.3, 0.4) is 0 Å². The molecule has 2 heterocycles. The molecule has 2 nitrogen and oxygen atoms in total. The molecule has 1 aliphatic heterocycles. The highest BCUT2D eigenvalue weighted by molar-refractivity contribution is 5.14. The molecular weight excluding hydrogens is 208 g/mol. The second-order valence-corrected chi connectivity index (χ2v) is 7.54. The Balaban J connectivity index is 2.33. The number of hydrogen-bond donors (Lipinski definition) is 0. The Morgan fingerprint density at radius 1 is 1.18 bits per heavy atom. The molecule has 2 rings (SSSR count). The minimum absolute atomic E-state index is 0.151. The Morgan fingerprint density at radius 2 is 1.82 bits per heavy atom. The van der Waals surface area contributed by atoms with Crippen LogP contribution in [-0.2, 0) is 18.4 Å². The fourth-order valence-electron chi connectivity index (χ4n) is 2.75. The Labute approximate surface area is 105 Å². The van der Waals surface area contributed by atoms with Gasteiger partial charge in [-0.3, -0.25) is 0 Å². The van der Waals surface area contributed by atoms with Crippen LogP contribution in [0.1, 0.15) is 59.5 Å². The minimum atomic E-state index is 0.151. The van der Waals surface area contributed by atoms with Crippen molar-refractivity contribution in [3.05, 3.63) is 17.7 Å². The number of rotatable bonds is 0. The maximum atomic E-state index is 4.65. The molecule has 0 saturated carbocycles. The molecule has 1 aliphatic rings. The number of aromatic nitrogens is 2. The number of imidazole rings is 1. The van der Waals surface area contributed by atoms with Gasteiger partial charge in [-0.05, 0) is 24.2 Å². The van der Waals surface area contributed by atoms with E-state index in [1.165, 1.54) is 24.4 Å². The first-order valence-corrected chi connectivity index (χ1v) is 6.74. The van der Waals surface area contributed by atoms with Gasteiger partial charge >= 0.3 is 0 Å². The molecule has 0 fully saturated rings. The van der Waals surface area contributed by atoms with Crippen LogP contribution in [0.4, 0.5) is 0 Å². The Bertz CT molecular complexity index is 402. The molecule has 1 aromatic rings. The zero-order chi connectivity index (χ0) is 12.8. The molecule has 1 aromatic heterocycles. The maximum Gasteiger partial charge on any atom is 0.114 e. The third-order valence-corrected chi connectivity index (χ3v) is 3.99. The monoisotopic (exact) mass is 234 g/mol. The summed E-state index contributed by atoms with van der Waals surface area (Å²) in [6, 6.07) is 0. The van der Waals surface area contributed by atoms with Gasteiger partial charge in [0.15, 0.2) is 0 Å². The molecule has 0 N–H and O–H groups in total. The van der Waals surface area contributed by atoms with Crippen molar-refractivity contribution < 1.29 is 0 Å². The molecule has 2 heteroatoms. The number of hydrogen-bond acceptors (Lipinski definition) is 1. The second kappa shape index (κ2) is 3.86. The van der Waals surface area contributed by atoms with Crippen molar-refractivity contribution >= 4 is 0 Å². The molecule has 0 saturated heterocycles. The maximum absolute atomic E-state index is 4.65. The lowest BCUT2D eigenvalue weighted by Gasteiger charge is -2.36. The highest BCUT2D eigenvalue weighted by Gasteiger charge is 2.32. The van der Waals surface area contributed by atoms with Gasteiger partial charge in [0.25, 0.3) is 0 Å². The summed E-state index contributed by atoms with van der Waals surface area (Å²) in [7, 11) is 0. The molecule has 0 spiro atoms. The average Bonchev–Trinajstić information content (AvgIpc) is 2.57. The van der Waals surface area contributed by atoms with Crippen LogP contribution in [0, 0.1) is 11.3 Å². The van der Waals surface area contributed by atoms with Crippen LogP contribution >= 0.6 is 0 Å². The Hall–Kier alpha value is -0.790. The van der Waals surface area contributed by atoms with Crippen molar-refractivity contribution in [2.75, 3.05) is 0 Å². The first kappa shape index (κ1) is 12.7. The summed E-state index contributed by atoms with van der Waals surface area (Å²) in [5.41, 5.74) is 1.98. The van der Waals surface area contributed by atoms with Crippen molar-refractivity contribution in [2.24, 2.45) is 11.3 Å². The molecular formula is C15H26N2. The summed E-state index contributed by atoms with van der Waals surface area (Å²) in [5, 5.41) is 0. The Kier molecular flexibility index (Phi) is 2.87. The summed E-state index contributed by atoms with van der Waals surface area (Å²) >= 11 is 0. The molecule has 1 unspecified atom stereocenters. The van der Waals surface area contributed by atoms with Crippen LogP contribution in [0.15, 0.2) is 6.20 Å². The molecule has 17 heavy (non-hydrogen) atoms. The van der Waals surface area contributed by atoms with E-state index in [1.807, 2.05) is 0 Å². The van der Waals surface area contributed by atoms with E-state index in [9.17, 15) is 0 Å². The van der Waals surface area contributed by atoms with E-state index in [-0.39, 0.29) is 5.41 Å². The van der Waals surface area contributed by atoms with Crippen molar-refractivity contribution in [2.45, 2.75) is 66.3 Å². The lowest BCUT2D eigenvalue weighted by Crippen LogP contribution is -2.32. The summed E-state index contributed by atoms with van der Waals surface area (Å²) in [5.74, 6) is 2.02. The van der Waals surface area contributed by atoms with Crippen LogP contribution in [-0.4, -0.2) is 9.55 Å². The van der Waals surface area contributed by atoms with E-state index in [4.69, 9.17) is 0 Å². The van der Waals surface area contributed by atoms with Crippen LogP contribution in [0.25, 0.3) is 0 Å². The lowest BCUT2D eigenvalue weighted by molar-refractivity contribution is 0.177. The predicted molar refractivity (Wildman–Crippen MR) is 72.2 cm³/mol. The molecule has 1 atom stereocenters. The van der Waals surface area contributed by atoms with E-state index in [0.717, 1.165) is 12.5 Å². The third-order valence-electron chi connectivity index (χ3n) is 3.99. The van der Waals surface area contributed by atoms with E-state index in [2.05, 4.69) is 57.3 Å². The highest BCUT2D eigenvalue weighted by atomic mass is 15.1. The largest absolute Gasteiger partial charge is 0.331 e. The van der Waals surface area contributed by atoms with Gasteiger partial charge in [-0.25, -0.2) is 4.98 Å². The Morgan fingerprint density at radius 3 is 2.35 bits per heavy atom. The van der Waals surface area contributed by atoms with Crippen molar-refractivity contribution in [3.8, 4) is 0 Å². The SMILES string of the molecule is CC(C)(C)c1ncc2n1CC(C(C)(C)C)CC2. The zero-order valence-electron chi connectivity index (χ0n) is 12.2. The lowest BCUT2D eigenvalue weighted by atomic mass is 9.76. The number of aryl methyl sites for hydroxylation is 1. The average molecular weight is 234 g/mol. The third kappa shape index (κ3) is 2.41. The fraction of sp³-hybridized carbons (Fsp3) is 0.800. The summed E-state index contributed by atoms with van der Waals surface area (Å²) in [4.78, 5) is 4.65. The molecule has 0 bridgehead atoms. The van der Waals surface area contributed by atoms with Crippen LogP contribution in [0.5, 0.6) is 0 Å². The molecule has 0 aliphatic carbocycles. The first-order valence-electron chi connectivity index (χ1n) is 6.74. The van der Waals surface area contributed by atoms with Crippen LogP contribution < -0.4 is 0 Å². The molecule has 96 valence electrons. The molecule has 0 radical (unpaired) electrons. The van der Waals surface area contributed by atoms with Crippen LogP contribution in [0.2, 0.25) is 0 Å². The van der Waals surface area contributed by atoms with E-state index >= 15 is 0 Å². The highest BCUT2D eigenvalue weighted by Crippen LogP contribution is 2.36. The van der Waals surface area contributed by atoms with Gasteiger partial charge in [0.05, 0.1) is 0 Å². The van der Waals surface area contributed by atoms with Crippen molar-refractivity contribution in [1.82, 2.24) is 9.55 Å². The van der Waals surface area contributed by atoms with E-state index < -0.39 is 0 Å². The predicted octanol–water partition coefficient (Wildman–Crippen LogP) is 3.79. The number of fused-ring (bicyclic) bond motifs is 1. The normalized spacial score (nSPS) is 21.4.